The van der Waals surface area contributed by atoms with Crippen LogP contribution in [0.2, 0.25) is 0 Å². The first kappa shape index (κ1) is 14.7. The van der Waals surface area contributed by atoms with Gasteiger partial charge in [0.2, 0.25) is 0 Å². The fourth-order valence-corrected chi connectivity index (χ4v) is 2.51. The standard InChI is InChI=1S/C14H21BrFN/c1-14(2,3)12(17-4)9-8-10-6-5-7-11(16)13(10)15/h5-7,12,17H,8-9H2,1-4H3. The smallest absolute Gasteiger partial charge is 0.137 e. The average Bonchev–Trinajstić information content (AvgIpc) is 2.23. The van der Waals surface area contributed by atoms with E-state index >= 15 is 0 Å². The average molecular weight is 302 g/mol. The molecule has 1 aromatic rings. The van der Waals surface area contributed by atoms with Gasteiger partial charge in [0.25, 0.3) is 0 Å². The third-order valence-electron chi connectivity index (χ3n) is 3.13. The Morgan fingerprint density at radius 2 is 2.00 bits per heavy atom. The molecule has 17 heavy (non-hydrogen) atoms. The Kier molecular flexibility index (Phi) is 5.14. The van der Waals surface area contributed by atoms with E-state index in [4.69, 9.17) is 0 Å². The molecule has 1 nitrogen and oxygen atoms in total. The van der Waals surface area contributed by atoms with Crippen molar-refractivity contribution in [3.05, 3.63) is 34.1 Å². The first-order valence-corrected chi connectivity index (χ1v) is 6.75. The maximum atomic E-state index is 13.4. The molecule has 0 aromatic heterocycles. The Hall–Kier alpha value is -0.410. The molecule has 0 fully saturated rings. The molecule has 0 radical (unpaired) electrons. The van der Waals surface area contributed by atoms with Gasteiger partial charge in [0.05, 0.1) is 4.47 Å². The molecule has 0 aliphatic carbocycles. The molecule has 0 saturated heterocycles. The maximum absolute atomic E-state index is 13.4. The SMILES string of the molecule is CNC(CCc1cccc(F)c1Br)C(C)(C)C. The molecule has 1 rings (SSSR count). The van der Waals surface area contributed by atoms with E-state index in [2.05, 4.69) is 42.0 Å². The third kappa shape index (κ3) is 4.07. The molecule has 96 valence electrons. The van der Waals surface area contributed by atoms with Crippen molar-refractivity contribution in [2.24, 2.45) is 5.41 Å². The summed E-state index contributed by atoms with van der Waals surface area (Å²) >= 11 is 3.31. The van der Waals surface area contributed by atoms with E-state index in [1.54, 1.807) is 6.07 Å². The van der Waals surface area contributed by atoms with Gasteiger partial charge in [-0.3, -0.25) is 0 Å². The molecule has 0 spiro atoms. The Bertz CT molecular complexity index is 371. The first-order chi connectivity index (χ1) is 7.86. The van der Waals surface area contributed by atoms with Gasteiger partial charge >= 0.3 is 0 Å². The normalized spacial score (nSPS) is 13.8. The van der Waals surface area contributed by atoms with E-state index in [-0.39, 0.29) is 11.2 Å². The van der Waals surface area contributed by atoms with Crippen molar-refractivity contribution in [2.45, 2.75) is 39.7 Å². The quantitative estimate of drug-likeness (QED) is 0.881. The molecular weight excluding hydrogens is 281 g/mol. The van der Waals surface area contributed by atoms with Gasteiger partial charge < -0.3 is 5.32 Å². The van der Waals surface area contributed by atoms with Gasteiger partial charge in [0.15, 0.2) is 0 Å². The van der Waals surface area contributed by atoms with Crippen LogP contribution in [0.3, 0.4) is 0 Å². The molecule has 0 heterocycles. The predicted octanol–water partition coefficient (Wildman–Crippen LogP) is 4.15. The molecule has 1 N–H and O–H groups in total. The monoisotopic (exact) mass is 301 g/mol. The molecule has 0 saturated carbocycles. The van der Waals surface area contributed by atoms with Crippen molar-refractivity contribution < 1.29 is 4.39 Å². The number of aryl methyl sites for hydroxylation is 1. The maximum Gasteiger partial charge on any atom is 0.137 e. The number of hydrogen-bond acceptors (Lipinski definition) is 1. The van der Waals surface area contributed by atoms with Gasteiger partial charge in [0.1, 0.15) is 5.82 Å². The fraction of sp³-hybridized carbons (Fsp3) is 0.571. The summed E-state index contributed by atoms with van der Waals surface area (Å²) in [4.78, 5) is 0. The summed E-state index contributed by atoms with van der Waals surface area (Å²) in [7, 11) is 1.98. The molecule has 0 aliphatic rings. The number of benzene rings is 1. The van der Waals surface area contributed by atoms with Gasteiger partial charge in [0, 0.05) is 6.04 Å². The highest BCUT2D eigenvalue weighted by molar-refractivity contribution is 9.10. The molecule has 1 atom stereocenters. The van der Waals surface area contributed by atoms with Crippen molar-refractivity contribution in [3.8, 4) is 0 Å². The summed E-state index contributed by atoms with van der Waals surface area (Å²) in [6.45, 7) is 6.65. The highest BCUT2D eigenvalue weighted by Gasteiger charge is 2.22. The van der Waals surface area contributed by atoms with Crippen LogP contribution in [-0.4, -0.2) is 13.1 Å². The van der Waals surface area contributed by atoms with E-state index in [9.17, 15) is 4.39 Å². The van der Waals surface area contributed by atoms with Gasteiger partial charge in [-0.25, -0.2) is 4.39 Å². The lowest BCUT2D eigenvalue weighted by Crippen LogP contribution is -2.38. The minimum absolute atomic E-state index is 0.181. The van der Waals surface area contributed by atoms with Crippen LogP contribution in [0.1, 0.15) is 32.8 Å². The van der Waals surface area contributed by atoms with Gasteiger partial charge in [-0.15, -0.1) is 0 Å². The summed E-state index contributed by atoms with van der Waals surface area (Å²) in [5.74, 6) is -0.181. The van der Waals surface area contributed by atoms with E-state index in [1.807, 2.05) is 13.1 Å². The van der Waals surface area contributed by atoms with Crippen molar-refractivity contribution in [3.63, 3.8) is 0 Å². The fourth-order valence-electron chi connectivity index (χ4n) is 2.05. The Morgan fingerprint density at radius 1 is 1.35 bits per heavy atom. The van der Waals surface area contributed by atoms with E-state index in [0.29, 0.717) is 10.5 Å². The third-order valence-corrected chi connectivity index (χ3v) is 4.02. The highest BCUT2D eigenvalue weighted by atomic mass is 79.9. The van der Waals surface area contributed by atoms with Gasteiger partial charge in [-0.2, -0.15) is 0 Å². The lowest BCUT2D eigenvalue weighted by Gasteiger charge is -2.30. The molecular formula is C14H21BrFN. The molecule has 1 aromatic carbocycles. The van der Waals surface area contributed by atoms with E-state index in [0.717, 1.165) is 18.4 Å². The van der Waals surface area contributed by atoms with Gasteiger partial charge in [-0.05, 0) is 52.9 Å². The number of rotatable bonds is 4. The number of halogens is 2. The highest BCUT2D eigenvalue weighted by Crippen LogP contribution is 2.26. The zero-order valence-corrected chi connectivity index (χ0v) is 12.6. The van der Waals surface area contributed by atoms with E-state index < -0.39 is 0 Å². The minimum Gasteiger partial charge on any atom is -0.316 e. The van der Waals surface area contributed by atoms with Crippen molar-refractivity contribution in [2.75, 3.05) is 7.05 Å². The van der Waals surface area contributed by atoms with Crippen LogP contribution in [0, 0.1) is 11.2 Å². The Labute approximate surface area is 112 Å². The topological polar surface area (TPSA) is 12.0 Å². The predicted molar refractivity (Wildman–Crippen MR) is 74.7 cm³/mol. The minimum atomic E-state index is -0.181. The largest absolute Gasteiger partial charge is 0.316 e. The summed E-state index contributed by atoms with van der Waals surface area (Å²) in [5.41, 5.74) is 1.25. The van der Waals surface area contributed by atoms with Crippen LogP contribution in [-0.2, 0) is 6.42 Å². The van der Waals surface area contributed by atoms with Crippen molar-refractivity contribution in [1.29, 1.82) is 0 Å². The summed E-state index contributed by atoms with van der Waals surface area (Å²) < 4.78 is 14.0. The van der Waals surface area contributed by atoms with Crippen LogP contribution in [0.25, 0.3) is 0 Å². The number of hydrogen-bond donors (Lipinski definition) is 1. The van der Waals surface area contributed by atoms with Crippen molar-refractivity contribution >= 4 is 15.9 Å². The second kappa shape index (κ2) is 5.96. The van der Waals surface area contributed by atoms with Crippen LogP contribution in [0.4, 0.5) is 4.39 Å². The van der Waals surface area contributed by atoms with E-state index in [1.165, 1.54) is 6.07 Å². The van der Waals surface area contributed by atoms with Crippen LogP contribution < -0.4 is 5.32 Å². The lowest BCUT2D eigenvalue weighted by molar-refractivity contribution is 0.268. The van der Waals surface area contributed by atoms with Gasteiger partial charge in [-0.1, -0.05) is 32.9 Å². The van der Waals surface area contributed by atoms with Crippen LogP contribution in [0.15, 0.2) is 22.7 Å². The van der Waals surface area contributed by atoms with Crippen LogP contribution >= 0.6 is 15.9 Å². The molecule has 0 amide bonds. The molecule has 3 heteroatoms. The second-order valence-corrected chi connectivity index (χ2v) is 6.25. The zero-order chi connectivity index (χ0) is 13.1. The number of nitrogens with one attached hydrogen (secondary N) is 1. The molecule has 0 bridgehead atoms. The van der Waals surface area contributed by atoms with Crippen molar-refractivity contribution in [1.82, 2.24) is 5.32 Å². The molecule has 0 aliphatic heterocycles. The lowest BCUT2D eigenvalue weighted by atomic mass is 9.83. The zero-order valence-electron chi connectivity index (χ0n) is 11.0. The second-order valence-electron chi connectivity index (χ2n) is 5.46. The Morgan fingerprint density at radius 3 is 2.53 bits per heavy atom. The summed E-state index contributed by atoms with van der Waals surface area (Å²) in [5, 5.41) is 3.34. The summed E-state index contributed by atoms with van der Waals surface area (Å²) in [6.07, 6.45) is 1.88. The molecule has 1 unspecified atom stereocenters. The Balaban J connectivity index is 2.70. The first-order valence-electron chi connectivity index (χ1n) is 5.96. The summed E-state index contributed by atoms with van der Waals surface area (Å²) in [6, 6.07) is 5.65. The van der Waals surface area contributed by atoms with Crippen LogP contribution in [0.5, 0.6) is 0 Å².